The fourth-order valence-electron chi connectivity index (χ4n) is 1.04. The summed E-state index contributed by atoms with van der Waals surface area (Å²) in [6, 6.07) is 0. The van der Waals surface area contributed by atoms with Gasteiger partial charge in [-0.3, -0.25) is 0 Å². The first-order valence-corrected chi connectivity index (χ1v) is 4.40. The van der Waals surface area contributed by atoms with Gasteiger partial charge in [-0.2, -0.15) is 0 Å². The lowest BCUT2D eigenvalue weighted by molar-refractivity contribution is 0.164. The minimum Gasteiger partial charge on any atom is -0.494 e. The van der Waals surface area contributed by atoms with E-state index >= 15 is 0 Å². The van der Waals surface area contributed by atoms with E-state index in [1.807, 2.05) is 13.0 Å². The summed E-state index contributed by atoms with van der Waals surface area (Å²) < 4.78 is 5.33. The van der Waals surface area contributed by atoms with Crippen LogP contribution in [-0.2, 0) is 4.74 Å². The van der Waals surface area contributed by atoms with Gasteiger partial charge >= 0.3 is 0 Å². The Labute approximate surface area is 72.7 Å². The second-order valence-electron chi connectivity index (χ2n) is 2.77. The molecule has 1 rings (SSSR count). The molecule has 0 amide bonds. The van der Waals surface area contributed by atoms with Crippen molar-refractivity contribution in [2.75, 3.05) is 5.88 Å². The Morgan fingerprint density at radius 2 is 2.64 bits per heavy atom. The van der Waals surface area contributed by atoms with Crippen LogP contribution in [0.3, 0.4) is 0 Å². The van der Waals surface area contributed by atoms with Crippen LogP contribution in [0.1, 0.15) is 19.8 Å². The molecular weight excluding hydrogens is 160 g/mol. The summed E-state index contributed by atoms with van der Waals surface area (Å²) >= 11 is 5.63. The van der Waals surface area contributed by atoms with Crippen LogP contribution in [-0.4, -0.2) is 12.0 Å². The van der Waals surface area contributed by atoms with E-state index in [0.717, 1.165) is 12.8 Å². The SMILES string of the molecule is CC(=CC1CCC=CO1)CCl. The zero-order valence-electron chi connectivity index (χ0n) is 6.72. The van der Waals surface area contributed by atoms with Crippen LogP contribution < -0.4 is 0 Å². The van der Waals surface area contributed by atoms with Crippen LogP contribution in [0.25, 0.3) is 0 Å². The van der Waals surface area contributed by atoms with Crippen molar-refractivity contribution in [3.63, 3.8) is 0 Å². The lowest BCUT2D eigenvalue weighted by Crippen LogP contribution is -2.09. The normalized spacial score (nSPS) is 24.9. The zero-order valence-corrected chi connectivity index (χ0v) is 7.47. The van der Waals surface area contributed by atoms with Gasteiger partial charge in [-0.1, -0.05) is 5.57 Å². The van der Waals surface area contributed by atoms with Gasteiger partial charge in [0.25, 0.3) is 0 Å². The monoisotopic (exact) mass is 172 g/mol. The highest BCUT2D eigenvalue weighted by atomic mass is 35.5. The molecule has 1 unspecified atom stereocenters. The maximum absolute atomic E-state index is 5.63. The molecule has 0 aliphatic carbocycles. The van der Waals surface area contributed by atoms with Crippen molar-refractivity contribution in [3.8, 4) is 0 Å². The minimum atomic E-state index is 0.249. The summed E-state index contributed by atoms with van der Waals surface area (Å²) in [7, 11) is 0. The predicted octanol–water partition coefficient (Wildman–Crippen LogP) is 2.86. The van der Waals surface area contributed by atoms with Crippen LogP contribution in [0.4, 0.5) is 0 Å². The number of allylic oxidation sites excluding steroid dienone is 2. The van der Waals surface area contributed by atoms with Crippen LogP contribution in [0.15, 0.2) is 24.0 Å². The molecule has 1 aliphatic rings. The van der Waals surface area contributed by atoms with E-state index in [1.54, 1.807) is 6.26 Å². The maximum atomic E-state index is 5.63. The Hall–Kier alpha value is -0.430. The van der Waals surface area contributed by atoms with Gasteiger partial charge in [0.1, 0.15) is 6.10 Å². The summed E-state index contributed by atoms with van der Waals surface area (Å²) in [6.07, 6.45) is 8.34. The van der Waals surface area contributed by atoms with Crippen LogP contribution in [0.2, 0.25) is 0 Å². The number of alkyl halides is 1. The molecule has 0 fully saturated rings. The van der Waals surface area contributed by atoms with E-state index in [4.69, 9.17) is 16.3 Å². The molecule has 0 N–H and O–H groups in total. The summed E-state index contributed by atoms with van der Waals surface area (Å²) in [4.78, 5) is 0. The quantitative estimate of drug-likeness (QED) is 0.460. The Kier molecular flexibility index (Phi) is 3.50. The lowest BCUT2D eigenvalue weighted by atomic mass is 10.1. The topological polar surface area (TPSA) is 9.23 Å². The molecule has 1 atom stereocenters. The maximum Gasteiger partial charge on any atom is 0.116 e. The molecule has 1 heterocycles. The van der Waals surface area contributed by atoms with E-state index in [-0.39, 0.29) is 6.10 Å². The Morgan fingerprint density at radius 1 is 1.82 bits per heavy atom. The van der Waals surface area contributed by atoms with Crippen molar-refractivity contribution >= 4 is 11.6 Å². The van der Waals surface area contributed by atoms with Gasteiger partial charge in [0.15, 0.2) is 0 Å². The fourth-order valence-corrected chi connectivity index (χ4v) is 1.13. The molecule has 0 aromatic rings. The van der Waals surface area contributed by atoms with Crippen molar-refractivity contribution in [2.24, 2.45) is 0 Å². The standard InChI is InChI=1S/C9H13ClO/c1-8(7-10)6-9-4-2-3-5-11-9/h3,5-6,9H,2,4,7H2,1H3. The highest BCUT2D eigenvalue weighted by molar-refractivity contribution is 6.19. The van der Waals surface area contributed by atoms with E-state index in [9.17, 15) is 0 Å². The third-order valence-corrected chi connectivity index (χ3v) is 2.07. The Morgan fingerprint density at radius 3 is 3.18 bits per heavy atom. The molecule has 62 valence electrons. The molecular formula is C9H13ClO. The fraction of sp³-hybridized carbons (Fsp3) is 0.556. The molecule has 0 saturated carbocycles. The van der Waals surface area contributed by atoms with Crippen LogP contribution in [0, 0.1) is 0 Å². The summed E-state index contributed by atoms with van der Waals surface area (Å²) in [5.41, 5.74) is 1.19. The first kappa shape index (κ1) is 8.66. The van der Waals surface area contributed by atoms with Gasteiger partial charge in [-0.05, 0) is 31.9 Å². The molecule has 0 saturated heterocycles. The van der Waals surface area contributed by atoms with Crippen molar-refractivity contribution in [1.29, 1.82) is 0 Å². The second-order valence-corrected chi connectivity index (χ2v) is 3.04. The zero-order chi connectivity index (χ0) is 8.10. The number of hydrogen-bond donors (Lipinski definition) is 0. The predicted molar refractivity (Wildman–Crippen MR) is 47.7 cm³/mol. The van der Waals surface area contributed by atoms with Gasteiger partial charge in [-0.15, -0.1) is 11.6 Å². The molecule has 1 aliphatic heterocycles. The lowest BCUT2D eigenvalue weighted by Gasteiger charge is -2.16. The third kappa shape index (κ3) is 2.98. The summed E-state index contributed by atoms with van der Waals surface area (Å²) in [5.74, 6) is 0.601. The molecule has 2 heteroatoms. The van der Waals surface area contributed by atoms with Crippen molar-refractivity contribution in [2.45, 2.75) is 25.9 Å². The molecule has 0 bridgehead atoms. The highest BCUT2D eigenvalue weighted by Gasteiger charge is 2.06. The smallest absolute Gasteiger partial charge is 0.116 e. The number of halogens is 1. The minimum absolute atomic E-state index is 0.249. The average Bonchev–Trinajstić information content (AvgIpc) is 2.06. The number of rotatable bonds is 2. The largest absolute Gasteiger partial charge is 0.494 e. The second kappa shape index (κ2) is 4.45. The average molecular weight is 173 g/mol. The first-order chi connectivity index (χ1) is 5.33. The Balaban J connectivity index is 2.42. The van der Waals surface area contributed by atoms with Gasteiger partial charge in [0, 0.05) is 5.88 Å². The van der Waals surface area contributed by atoms with Gasteiger partial charge in [-0.25, -0.2) is 0 Å². The summed E-state index contributed by atoms with van der Waals surface area (Å²) in [6.45, 7) is 2.02. The molecule has 0 radical (unpaired) electrons. The summed E-state index contributed by atoms with van der Waals surface area (Å²) in [5, 5.41) is 0. The highest BCUT2D eigenvalue weighted by Crippen LogP contribution is 2.13. The number of hydrogen-bond acceptors (Lipinski definition) is 1. The molecule has 11 heavy (non-hydrogen) atoms. The van der Waals surface area contributed by atoms with E-state index in [2.05, 4.69) is 6.08 Å². The third-order valence-electron chi connectivity index (χ3n) is 1.65. The number of ether oxygens (including phenoxy) is 1. The Bertz CT molecular complexity index is 172. The van der Waals surface area contributed by atoms with Gasteiger partial charge in [0.2, 0.25) is 0 Å². The molecule has 0 aromatic carbocycles. The van der Waals surface area contributed by atoms with E-state index in [1.165, 1.54) is 5.57 Å². The molecule has 1 nitrogen and oxygen atoms in total. The van der Waals surface area contributed by atoms with Crippen molar-refractivity contribution in [1.82, 2.24) is 0 Å². The van der Waals surface area contributed by atoms with Crippen molar-refractivity contribution in [3.05, 3.63) is 24.0 Å². The van der Waals surface area contributed by atoms with E-state index in [0.29, 0.717) is 5.88 Å². The van der Waals surface area contributed by atoms with E-state index < -0.39 is 0 Å². The van der Waals surface area contributed by atoms with Crippen molar-refractivity contribution < 1.29 is 4.74 Å². The molecule has 0 aromatic heterocycles. The first-order valence-electron chi connectivity index (χ1n) is 3.86. The van der Waals surface area contributed by atoms with Gasteiger partial charge in [0.05, 0.1) is 6.26 Å². The molecule has 0 spiro atoms. The van der Waals surface area contributed by atoms with Crippen LogP contribution >= 0.6 is 11.6 Å². The van der Waals surface area contributed by atoms with Gasteiger partial charge < -0.3 is 4.74 Å². The van der Waals surface area contributed by atoms with Crippen LogP contribution in [0.5, 0.6) is 0 Å².